The normalized spacial score (nSPS) is 15.9. The maximum absolute atomic E-state index is 9.36. The van der Waals surface area contributed by atoms with Crippen molar-refractivity contribution in [1.82, 2.24) is 15.0 Å². The Kier molecular flexibility index (Phi) is 4.24. The third kappa shape index (κ3) is 2.76. The van der Waals surface area contributed by atoms with E-state index in [2.05, 4.69) is 54.5 Å². The van der Waals surface area contributed by atoms with E-state index in [-0.39, 0.29) is 0 Å². The van der Waals surface area contributed by atoms with Crippen molar-refractivity contribution in [3.05, 3.63) is 41.2 Å². The molecule has 1 heterocycles. The molecule has 1 aromatic carbocycles. The Bertz CT molecular complexity index is 670. The van der Waals surface area contributed by atoms with Gasteiger partial charge in [-0.3, -0.25) is 0 Å². The second kappa shape index (κ2) is 6.31. The summed E-state index contributed by atoms with van der Waals surface area (Å²) in [4.78, 5) is 0. The van der Waals surface area contributed by atoms with E-state index >= 15 is 0 Å². The lowest BCUT2D eigenvalue weighted by atomic mass is 9.86. The Morgan fingerprint density at radius 1 is 1.14 bits per heavy atom. The van der Waals surface area contributed by atoms with E-state index in [1.807, 2.05) is 4.68 Å². The van der Waals surface area contributed by atoms with Gasteiger partial charge in [-0.15, -0.1) is 5.10 Å². The highest BCUT2D eigenvalue weighted by Crippen LogP contribution is 2.34. The Morgan fingerprint density at radius 2 is 1.82 bits per heavy atom. The number of hydrogen-bond donors (Lipinski definition) is 0. The van der Waals surface area contributed by atoms with Gasteiger partial charge in [-0.25, -0.2) is 4.68 Å². The first-order valence-electron chi connectivity index (χ1n) is 8.16. The fourth-order valence-corrected chi connectivity index (χ4v) is 3.30. The number of nitrogens with zero attached hydrogens (tertiary/aromatic N) is 4. The molecular weight excluding hydrogens is 272 g/mol. The zero-order valence-electron chi connectivity index (χ0n) is 13.3. The summed E-state index contributed by atoms with van der Waals surface area (Å²) in [6.45, 7) is 4.37. The topological polar surface area (TPSA) is 54.5 Å². The molecule has 22 heavy (non-hydrogen) atoms. The van der Waals surface area contributed by atoms with E-state index < -0.39 is 0 Å². The van der Waals surface area contributed by atoms with Crippen LogP contribution in [0.1, 0.15) is 74.7 Å². The molecule has 0 atom stereocenters. The summed E-state index contributed by atoms with van der Waals surface area (Å²) in [5, 5.41) is 17.7. The van der Waals surface area contributed by atoms with Gasteiger partial charge in [-0.2, -0.15) is 5.26 Å². The Balaban J connectivity index is 2.00. The molecule has 1 aliphatic rings. The molecule has 0 spiro atoms. The molecule has 4 nitrogen and oxygen atoms in total. The smallest absolute Gasteiger partial charge is 0.186 e. The average molecular weight is 294 g/mol. The Hall–Kier alpha value is -2.15. The molecule has 114 valence electrons. The van der Waals surface area contributed by atoms with Crippen molar-refractivity contribution in [1.29, 1.82) is 5.26 Å². The highest BCUT2D eigenvalue weighted by Gasteiger charge is 2.25. The average Bonchev–Trinajstić information content (AvgIpc) is 2.99. The van der Waals surface area contributed by atoms with Gasteiger partial charge < -0.3 is 0 Å². The molecule has 0 bridgehead atoms. The SMILES string of the molecule is CC(C)c1ccc(-n2nnc(C#N)c2C2CCCCC2)cc1. The van der Waals surface area contributed by atoms with Crippen molar-refractivity contribution < 1.29 is 0 Å². The molecule has 0 saturated heterocycles. The van der Waals surface area contributed by atoms with Crippen LogP contribution in [0.25, 0.3) is 5.69 Å². The predicted octanol–water partition coefficient (Wildman–Crippen LogP) is 4.31. The number of benzene rings is 1. The lowest BCUT2D eigenvalue weighted by molar-refractivity contribution is 0.429. The van der Waals surface area contributed by atoms with E-state index in [0.717, 1.165) is 24.2 Å². The predicted molar refractivity (Wildman–Crippen MR) is 86.0 cm³/mol. The zero-order chi connectivity index (χ0) is 15.5. The van der Waals surface area contributed by atoms with E-state index in [1.54, 1.807) is 0 Å². The third-order valence-electron chi connectivity index (χ3n) is 4.61. The summed E-state index contributed by atoms with van der Waals surface area (Å²) in [7, 11) is 0. The first-order chi connectivity index (χ1) is 10.7. The lowest BCUT2D eigenvalue weighted by Gasteiger charge is -2.22. The van der Waals surface area contributed by atoms with Gasteiger partial charge in [0, 0.05) is 5.92 Å². The van der Waals surface area contributed by atoms with E-state index in [4.69, 9.17) is 0 Å². The van der Waals surface area contributed by atoms with Gasteiger partial charge in [0.2, 0.25) is 0 Å². The summed E-state index contributed by atoms with van der Waals surface area (Å²) in [5.41, 5.74) is 3.79. The van der Waals surface area contributed by atoms with Crippen LogP contribution in [0.2, 0.25) is 0 Å². The van der Waals surface area contributed by atoms with Crippen molar-refractivity contribution in [3.63, 3.8) is 0 Å². The number of hydrogen-bond acceptors (Lipinski definition) is 3. The summed E-state index contributed by atoms with van der Waals surface area (Å²) in [6, 6.07) is 10.7. The molecule has 1 aromatic heterocycles. The molecule has 3 rings (SSSR count). The maximum Gasteiger partial charge on any atom is 0.186 e. The Morgan fingerprint density at radius 3 is 2.41 bits per heavy atom. The van der Waals surface area contributed by atoms with Crippen molar-refractivity contribution in [2.24, 2.45) is 0 Å². The lowest BCUT2D eigenvalue weighted by Crippen LogP contribution is -2.12. The third-order valence-corrected chi connectivity index (χ3v) is 4.61. The molecule has 0 amide bonds. The van der Waals surface area contributed by atoms with Crippen molar-refractivity contribution in [3.8, 4) is 11.8 Å². The monoisotopic (exact) mass is 294 g/mol. The van der Waals surface area contributed by atoms with Crippen LogP contribution in [0.15, 0.2) is 24.3 Å². The summed E-state index contributed by atoms with van der Waals surface area (Å²) in [6.07, 6.45) is 6.02. The summed E-state index contributed by atoms with van der Waals surface area (Å²) in [5.74, 6) is 0.917. The first kappa shape index (κ1) is 14.8. The van der Waals surface area contributed by atoms with Crippen molar-refractivity contribution in [2.45, 2.75) is 57.8 Å². The molecule has 1 saturated carbocycles. The van der Waals surface area contributed by atoms with Gasteiger partial charge >= 0.3 is 0 Å². The van der Waals surface area contributed by atoms with Gasteiger partial charge in [-0.1, -0.05) is 50.5 Å². The van der Waals surface area contributed by atoms with Crippen LogP contribution in [-0.4, -0.2) is 15.0 Å². The van der Waals surface area contributed by atoms with Crippen LogP contribution in [0, 0.1) is 11.3 Å². The molecule has 0 N–H and O–H groups in total. The van der Waals surface area contributed by atoms with Crippen molar-refractivity contribution in [2.75, 3.05) is 0 Å². The molecule has 4 heteroatoms. The standard InChI is InChI=1S/C18H22N4/c1-13(2)14-8-10-16(11-9-14)22-18(17(12-19)20-21-22)15-6-4-3-5-7-15/h8-11,13,15H,3-7H2,1-2H3. The second-order valence-corrected chi connectivity index (χ2v) is 6.43. The van der Waals surface area contributed by atoms with Crippen LogP contribution in [0.5, 0.6) is 0 Å². The minimum atomic E-state index is 0.406. The van der Waals surface area contributed by atoms with E-state index in [0.29, 0.717) is 17.5 Å². The second-order valence-electron chi connectivity index (χ2n) is 6.43. The molecule has 0 radical (unpaired) electrons. The van der Waals surface area contributed by atoms with Crippen LogP contribution in [-0.2, 0) is 0 Å². The van der Waals surface area contributed by atoms with Crippen LogP contribution < -0.4 is 0 Å². The number of aromatic nitrogens is 3. The zero-order valence-corrected chi connectivity index (χ0v) is 13.3. The van der Waals surface area contributed by atoms with Gasteiger partial charge in [0.05, 0.1) is 11.4 Å². The van der Waals surface area contributed by atoms with Crippen LogP contribution in [0.3, 0.4) is 0 Å². The van der Waals surface area contributed by atoms with E-state index in [1.165, 1.54) is 24.8 Å². The number of rotatable bonds is 3. The van der Waals surface area contributed by atoms with Crippen LogP contribution >= 0.6 is 0 Å². The van der Waals surface area contributed by atoms with Gasteiger partial charge in [-0.05, 0) is 36.5 Å². The largest absolute Gasteiger partial charge is 0.216 e. The van der Waals surface area contributed by atoms with Crippen LogP contribution in [0.4, 0.5) is 0 Å². The molecule has 1 fully saturated rings. The van der Waals surface area contributed by atoms with Crippen molar-refractivity contribution >= 4 is 0 Å². The first-order valence-corrected chi connectivity index (χ1v) is 8.16. The fraction of sp³-hybridized carbons (Fsp3) is 0.500. The van der Waals surface area contributed by atoms with Gasteiger partial charge in [0.1, 0.15) is 6.07 Å². The minimum absolute atomic E-state index is 0.406. The molecule has 1 aliphatic carbocycles. The van der Waals surface area contributed by atoms with Gasteiger partial charge in [0.25, 0.3) is 0 Å². The summed E-state index contributed by atoms with van der Waals surface area (Å²) >= 11 is 0. The molecule has 0 aliphatic heterocycles. The molecular formula is C18H22N4. The fourth-order valence-electron chi connectivity index (χ4n) is 3.30. The minimum Gasteiger partial charge on any atom is -0.216 e. The Labute approximate surface area is 131 Å². The summed E-state index contributed by atoms with van der Waals surface area (Å²) < 4.78 is 1.87. The highest BCUT2D eigenvalue weighted by atomic mass is 15.4. The van der Waals surface area contributed by atoms with Gasteiger partial charge in [0.15, 0.2) is 5.69 Å². The quantitative estimate of drug-likeness (QED) is 0.847. The highest BCUT2D eigenvalue weighted by molar-refractivity contribution is 5.40. The molecule has 0 unspecified atom stereocenters. The molecule has 2 aromatic rings. The number of nitriles is 1. The maximum atomic E-state index is 9.36. The van der Waals surface area contributed by atoms with E-state index in [9.17, 15) is 5.26 Å².